The highest BCUT2D eigenvalue weighted by atomic mass is 16.7. The maximum Gasteiger partial charge on any atom is 0.302 e. The van der Waals surface area contributed by atoms with Crippen LogP contribution in [0.3, 0.4) is 0 Å². The maximum atomic E-state index is 12.6. The van der Waals surface area contributed by atoms with Crippen LogP contribution in [0.15, 0.2) is 121 Å². The fourth-order valence-electron chi connectivity index (χ4n) is 8.53. The Kier molecular flexibility index (Phi) is 12.6. The van der Waals surface area contributed by atoms with Gasteiger partial charge in [0, 0.05) is 18.8 Å². The fraction of sp³-hybridized carbons (Fsp3) is 0.444. The summed E-state index contributed by atoms with van der Waals surface area (Å²) in [6.45, 7) is 6.70. The minimum absolute atomic E-state index is 0.258. The van der Waals surface area contributed by atoms with E-state index >= 15 is 0 Å². The van der Waals surface area contributed by atoms with Gasteiger partial charge in [-0.1, -0.05) is 121 Å². The van der Waals surface area contributed by atoms with E-state index in [0.717, 1.165) is 22.3 Å². The molecular formula is C45H52O9. The van der Waals surface area contributed by atoms with Crippen molar-refractivity contribution in [2.45, 2.75) is 102 Å². The van der Waals surface area contributed by atoms with Gasteiger partial charge in [0.1, 0.15) is 18.3 Å². The lowest BCUT2D eigenvalue weighted by molar-refractivity contribution is -0.290. The molecule has 1 aliphatic heterocycles. The van der Waals surface area contributed by atoms with Gasteiger partial charge in [-0.2, -0.15) is 0 Å². The first kappa shape index (κ1) is 38.3. The summed E-state index contributed by atoms with van der Waals surface area (Å²) in [7, 11) is 0. The van der Waals surface area contributed by atoms with Crippen LogP contribution in [0, 0.1) is 17.8 Å². The summed E-state index contributed by atoms with van der Waals surface area (Å²) in [4.78, 5) is 12.6. The summed E-state index contributed by atoms with van der Waals surface area (Å²) < 4.78 is 46.7. The van der Waals surface area contributed by atoms with E-state index in [0.29, 0.717) is 26.2 Å². The zero-order valence-electron chi connectivity index (χ0n) is 31.3. The van der Waals surface area contributed by atoms with E-state index in [2.05, 4.69) is 0 Å². The van der Waals surface area contributed by atoms with Crippen molar-refractivity contribution < 1.29 is 43.1 Å². The molecule has 1 saturated heterocycles. The normalized spacial score (nSPS) is 30.4. The lowest BCUT2D eigenvalue weighted by Crippen LogP contribution is -2.69. The summed E-state index contributed by atoms with van der Waals surface area (Å²) in [5.41, 5.74) is 3.98. The molecule has 0 amide bonds. The number of carbonyl (C=O) groups excluding carboxylic acids is 1. The predicted molar refractivity (Wildman–Crippen MR) is 202 cm³/mol. The molecule has 4 aromatic carbocycles. The Morgan fingerprint density at radius 1 is 0.630 bits per heavy atom. The van der Waals surface area contributed by atoms with Gasteiger partial charge >= 0.3 is 5.97 Å². The van der Waals surface area contributed by atoms with Crippen molar-refractivity contribution in [3.8, 4) is 0 Å². The van der Waals surface area contributed by atoms with Crippen LogP contribution in [0.2, 0.25) is 0 Å². The molecule has 1 N–H and O–H groups in total. The summed E-state index contributed by atoms with van der Waals surface area (Å²) in [6, 6.07) is 40.1. The third-order valence-corrected chi connectivity index (χ3v) is 10.9. The largest absolute Gasteiger partial charge is 0.460 e. The van der Waals surface area contributed by atoms with Gasteiger partial charge in [-0.3, -0.25) is 4.79 Å². The van der Waals surface area contributed by atoms with Gasteiger partial charge in [0.15, 0.2) is 5.79 Å². The van der Waals surface area contributed by atoms with E-state index in [1.54, 1.807) is 0 Å². The Balaban J connectivity index is 1.34. The Labute approximate surface area is 318 Å². The highest BCUT2D eigenvalue weighted by molar-refractivity contribution is 5.66. The van der Waals surface area contributed by atoms with Crippen LogP contribution in [0.5, 0.6) is 0 Å². The minimum Gasteiger partial charge on any atom is -0.460 e. The Morgan fingerprint density at radius 2 is 1.02 bits per heavy atom. The molecule has 2 aliphatic carbocycles. The first-order chi connectivity index (χ1) is 26.3. The van der Waals surface area contributed by atoms with Crippen molar-refractivity contribution in [3.63, 3.8) is 0 Å². The first-order valence-electron chi connectivity index (χ1n) is 19.0. The van der Waals surface area contributed by atoms with E-state index < -0.39 is 54.3 Å². The number of carbonyl (C=O) groups is 1. The highest BCUT2D eigenvalue weighted by Gasteiger charge is 2.63. The number of aliphatic hydroxyl groups excluding tert-OH is 1. The van der Waals surface area contributed by atoms with Crippen LogP contribution in [-0.4, -0.2) is 66.2 Å². The Morgan fingerprint density at radius 3 is 1.39 bits per heavy atom. The maximum absolute atomic E-state index is 12.6. The van der Waals surface area contributed by atoms with Gasteiger partial charge in [0.05, 0.1) is 57.5 Å². The molecule has 2 saturated carbocycles. The van der Waals surface area contributed by atoms with Crippen LogP contribution >= 0.6 is 0 Å². The van der Waals surface area contributed by atoms with E-state index in [9.17, 15) is 9.90 Å². The monoisotopic (exact) mass is 736 g/mol. The summed E-state index contributed by atoms with van der Waals surface area (Å²) in [5.74, 6) is -2.49. The van der Waals surface area contributed by atoms with E-state index in [1.165, 1.54) is 6.92 Å². The molecule has 3 aliphatic rings. The van der Waals surface area contributed by atoms with E-state index in [1.807, 2.05) is 135 Å². The average Bonchev–Trinajstić information content (AvgIpc) is 3.56. The molecule has 0 aromatic heterocycles. The van der Waals surface area contributed by atoms with Crippen molar-refractivity contribution in [1.29, 1.82) is 0 Å². The third-order valence-electron chi connectivity index (χ3n) is 10.9. The quantitative estimate of drug-likeness (QED) is 0.137. The van der Waals surface area contributed by atoms with Crippen molar-refractivity contribution in [1.82, 2.24) is 0 Å². The third kappa shape index (κ3) is 9.29. The SMILES string of the molecule is CC(=O)O[C@H]1C[C@H]([C@H]2COC(C)(C)O2)[C@H]2[C@@H](OCc3ccccc3)[C@H](OCc3ccccc3)[C@@H](OCc3ccccc3)[C@H](OCc3ccccc3)[C@H]2[C@@H]1O. The van der Waals surface area contributed by atoms with Gasteiger partial charge in [0.25, 0.3) is 0 Å². The summed E-state index contributed by atoms with van der Waals surface area (Å²) in [6.07, 6.45) is -4.51. The van der Waals surface area contributed by atoms with Gasteiger partial charge in [0.2, 0.25) is 0 Å². The number of hydrogen-bond donors (Lipinski definition) is 1. The first-order valence-corrected chi connectivity index (χ1v) is 19.0. The lowest BCUT2D eigenvalue weighted by Gasteiger charge is -2.57. The number of esters is 1. The molecule has 10 atom stereocenters. The Bertz CT molecular complexity index is 1740. The van der Waals surface area contributed by atoms with Gasteiger partial charge in [-0.25, -0.2) is 0 Å². The second kappa shape index (κ2) is 17.7. The van der Waals surface area contributed by atoms with Crippen molar-refractivity contribution >= 4 is 5.97 Å². The lowest BCUT2D eigenvalue weighted by atomic mass is 9.58. The molecular weight excluding hydrogens is 684 g/mol. The van der Waals surface area contributed by atoms with Crippen LogP contribution in [0.4, 0.5) is 0 Å². The van der Waals surface area contributed by atoms with Crippen LogP contribution < -0.4 is 0 Å². The molecule has 9 heteroatoms. The smallest absolute Gasteiger partial charge is 0.302 e. The van der Waals surface area contributed by atoms with Crippen molar-refractivity contribution in [2.24, 2.45) is 17.8 Å². The molecule has 1 heterocycles. The van der Waals surface area contributed by atoms with Crippen LogP contribution in [-0.2, 0) is 64.4 Å². The number of rotatable bonds is 14. The standard InChI is InChI=1S/C45H52O9/c1-30(46)53-36-24-35(37-29-52-45(2,3)54-37)38-39(40(36)47)42(49-26-32-18-10-5-11-19-32)44(51-28-34-22-14-7-15-23-34)43(50-27-33-20-12-6-13-21-33)41(38)48-25-31-16-8-4-9-17-31/h4-23,35-44,47H,24-29H2,1-3H3/t35-,36+,37-,38-,39-,40-,41-,42-,43+,44+/m1/s1. The summed E-state index contributed by atoms with van der Waals surface area (Å²) >= 11 is 0. The van der Waals surface area contributed by atoms with Gasteiger partial charge < -0.3 is 38.3 Å². The van der Waals surface area contributed by atoms with Crippen molar-refractivity contribution in [3.05, 3.63) is 144 Å². The zero-order valence-corrected chi connectivity index (χ0v) is 31.3. The molecule has 4 aromatic rings. The van der Waals surface area contributed by atoms with Crippen LogP contribution in [0.1, 0.15) is 49.4 Å². The number of benzene rings is 4. The minimum atomic E-state index is -1.09. The molecule has 0 unspecified atom stereocenters. The molecule has 7 rings (SSSR count). The number of hydrogen-bond acceptors (Lipinski definition) is 9. The molecule has 286 valence electrons. The van der Waals surface area contributed by atoms with Gasteiger partial charge in [-0.15, -0.1) is 0 Å². The number of ether oxygens (including phenoxy) is 7. The molecule has 54 heavy (non-hydrogen) atoms. The summed E-state index contributed by atoms with van der Waals surface area (Å²) in [5, 5.41) is 12.5. The van der Waals surface area contributed by atoms with E-state index in [4.69, 9.17) is 33.2 Å². The van der Waals surface area contributed by atoms with Crippen molar-refractivity contribution in [2.75, 3.05) is 6.61 Å². The fourth-order valence-corrected chi connectivity index (χ4v) is 8.53. The molecule has 0 spiro atoms. The number of aliphatic hydroxyl groups is 1. The zero-order chi connectivity index (χ0) is 37.5. The molecule has 0 radical (unpaired) electrons. The Hall–Kier alpha value is -3.93. The molecule has 0 bridgehead atoms. The topological polar surface area (TPSA) is 102 Å². The van der Waals surface area contributed by atoms with Gasteiger partial charge in [-0.05, 0) is 48.4 Å². The number of fused-ring (bicyclic) bond motifs is 1. The second-order valence-electron chi connectivity index (χ2n) is 15.1. The molecule has 3 fully saturated rings. The van der Waals surface area contributed by atoms with Crippen LogP contribution in [0.25, 0.3) is 0 Å². The van der Waals surface area contributed by atoms with E-state index in [-0.39, 0.29) is 31.2 Å². The predicted octanol–water partition coefficient (Wildman–Crippen LogP) is 7.04. The highest BCUT2D eigenvalue weighted by Crippen LogP contribution is 2.52. The molecule has 9 nitrogen and oxygen atoms in total. The average molecular weight is 737 g/mol. The second-order valence-corrected chi connectivity index (χ2v) is 15.1.